The van der Waals surface area contributed by atoms with Crippen LogP contribution in [0.5, 0.6) is 0 Å². The lowest BCUT2D eigenvalue weighted by molar-refractivity contribution is 0.0982. The minimum Gasteiger partial charge on any atom is -0.376 e. The zero-order valence-electron chi connectivity index (χ0n) is 19.1. The highest BCUT2D eigenvalue weighted by Crippen LogP contribution is 2.30. The number of fused-ring (bicyclic) bond motifs is 1. The molecular weight excluding hydrogens is 386 g/mol. The maximum absolute atomic E-state index is 12.6. The molecular formula is C25H33N5O. The SMILES string of the molecule is CN(C)c1cncc(C(=O)CCc2cn3cc(CN4CCC(C)(C)CC4)ccc3n2)c1. The Bertz CT molecular complexity index is 1060. The van der Waals surface area contributed by atoms with E-state index in [-0.39, 0.29) is 5.78 Å². The van der Waals surface area contributed by atoms with E-state index in [2.05, 4.69) is 52.7 Å². The largest absolute Gasteiger partial charge is 0.376 e. The van der Waals surface area contributed by atoms with Crippen LogP contribution in [-0.2, 0) is 13.0 Å². The van der Waals surface area contributed by atoms with E-state index in [0.717, 1.165) is 36.7 Å². The van der Waals surface area contributed by atoms with Crippen molar-refractivity contribution < 1.29 is 4.79 Å². The zero-order chi connectivity index (χ0) is 22.0. The second kappa shape index (κ2) is 8.79. The molecule has 1 aliphatic rings. The molecule has 3 aromatic rings. The monoisotopic (exact) mass is 419 g/mol. The molecule has 1 aliphatic heterocycles. The molecule has 4 rings (SSSR count). The molecule has 0 spiro atoms. The summed E-state index contributed by atoms with van der Waals surface area (Å²) in [6.07, 6.45) is 11.2. The van der Waals surface area contributed by atoms with Crippen LogP contribution in [0, 0.1) is 5.41 Å². The fraction of sp³-hybridized carbons (Fsp3) is 0.480. The van der Waals surface area contributed by atoms with Gasteiger partial charge in [-0.25, -0.2) is 4.98 Å². The summed E-state index contributed by atoms with van der Waals surface area (Å²) in [5.74, 6) is 0.0990. The summed E-state index contributed by atoms with van der Waals surface area (Å²) in [6.45, 7) is 8.03. The minimum atomic E-state index is 0.0990. The van der Waals surface area contributed by atoms with Crippen LogP contribution in [0.25, 0.3) is 5.65 Å². The lowest BCUT2D eigenvalue weighted by atomic mass is 9.82. The fourth-order valence-corrected chi connectivity index (χ4v) is 4.09. The number of hydrogen-bond donors (Lipinski definition) is 0. The molecule has 0 aromatic carbocycles. The average Bonchev–Trinajstić information content (AvgIpc) is 3.16. The van der Waals surface area contributed by atoms with Gasteiger partial charge in [0, 0.05) is 51.2 Å². The van der Waals surface area contributed by atoms with Crippen molar-refractivity contribution in [2.75, 3.05) is 32.1 Å². The Morgan fingerprint density at radius 3 is 2.65 bits per heavy atom. The van der Waals surface area contributed by atoms with Crippen molar-refractivity contribution in [3.05, 3.63) is 59.8 Å². The normalized spacial score (nSPS) is 16.5. The van der Waals surface area contributed by atoms with Gasteiger partial charge in [0.2, 0.25) is 0 Å². The van der Waals surface area contributed by atoms with Crippen LogP contribution >= 0.6 is 0 Å². The van der Waals surface area contributed by atoms with Crippen molar-refractivity contribution in [3.8, 4) is 0 Å². The number of Topliss-reactive ketones (excluding diaryl/α,β-unsaturated/α-hetero) is 1. The number of piperidine rings is 1. The molecule has 4 heterocycles. The number of pyridine rings is 2. The molecule has 0 aliphatic carbocycles. The molecule has 0 saturated carbocycles. The molecule has 1 fully saturated rings. The van der Waals surface area contributed by atoms with Crippen molar-refractivity contribution in [1.29, 1.82) is 0 Å². The van der Waals surface area contributed by atoms with Gasteiger partial charge in [0.05, 0.1) is 17.6 Å². The molecule has 1 saturated heterocycles. The van der Waals surface area contributed by atoms with Gasteiger partial charge in [-0.2, -0.15) is 0 Å². The number of carbonyl (C=O) groups excluding carboxylic acids is 1. The number of carbonyl (C=O) groups is 1. The fourth-order valence-electron chi connectivity index (χ4n) is 4.09. The van der Waals surface area contributed by atoms with Crippen LogP contribution < -0.4 is 4.90 Å². The molecule has 164 valence electrons. The number of anilines is 1. The van der Waals surface area contributed by atoms with Gasteiger partial charge >= 0.3 is 0 Å². The van der Waals surface area contributed by atoms with Crippen LogP contribution in [0.4, 0.5) is 5.69 Å². The van der Waals surface area contributed by atoms with Crippen LogP contribution in [0.2, 0.25) is 0 Å². The third-order valence-electron chi connectivity index (χ3n) is 6.35. The molecule has 0 atom stereocenters. The van der Waals surface area contributed by atoms with Gasteiger partial charge in [0.15, 0.2) is 5.78 Å². The smallest absolute Gasteiger partial charge is 0.164 e. The second-order valence-corrected chi connectivity index (χ2v) is 9.72. The van der Waals surface area contributed by atoms with Gasteiger partial charge < -0.3 is 9.30 Å². The van der Waals surface area contributed by atoms with Crippen molar-refractivity contribution >= 4 is 17.1 Å². The maximum atomic E-state index is 12.6. The van der Waals surface area contributed by atoms with Gasteiger partial charge in [0.1, 0.15) is 5.65 Å². The Labute approximate surface area is 184 Å². The van der Waals surface area contributed by atoms with E-state index in [4.69, 9.17) is 4.98 Å². The van der Waals surface area contributed by atoms with E-state index in [1.54, 1.807) is 12.4 Å². The quantitative estimate of drug-likeness (QED) is 0.537. The summed E-state index contributed by atoms with van der Waals surface area (Å²) in [6, 6.07) is 6.15. The molecule has 3 aromatic heterocycles. The van der Waals surface area contributed by atoms with Crippen molar-refractivity contribution in [1.82, 2.24) is 19.3 Å². The highest BCUT2D eigenvalue weighted by atomic mass is 16.1. The third kappa shape index (κ3) is 5.31. The first-order valence-corrected chi connectivity index (χ1v) is 11.1. The van der Waals surface area contributed by atoms with Gasteiger partial charge in [-0.1, -0.05) is 19.9 Å². The molecule has 6 nitrogen and oxygen atoms in total. The lowest BCUT2D eigenvalue weighted by Crippen LogP contribution is -2.36. The van der Waals surface area contributed by atoms with E-state index in [1.807, 2.05) is 25.1 Å². The molecule has 0 unspecified atom stereocenters. The average molecular weight is 420 g/mol. The van der Waals surface area contributed by atoms with E-state index in [0.29, 0.717) is 23.8 Å². The molecule has 6 heteroatoms. The topological polar surface area (TPSA) is 53.7 Å². The molecule has 0 bridgehead atoms. The van der Waals surface area contributed by atoms with Crippen LogP contribution in [-0.4, -0.2) is 52.2 Å². The van der Waals surface area contributed by atoms with Gasteiger partial charge in [-0.15, -0.1) is 0 Å². The van der Waals surface area contributed by atoms with Crippen molar-refractivity contribution in [2.24, 2.45) is 5.41 Å². The predicted octanol–water partition coefficient (Wildman–Crippen LogP) is 4.23. The first-order valence-electron chi connectivity index (χ1n) is 11.1. The summed E-state index contributed by atoms with van der Waals surface area (Å²) in [5.41, 5.74) is 5.24. The van der Waals surface area contributed by atoms with Crippen LogP contribution in [0.1, 0.15) is 54.7 Å². The van der Waals surface area contributed by atoms with Crippen LogP contribution in [0.3, 0.4) is 0 Å². The summed E-state index contributed by atoms with van der Waals surface area (Å²) in [4.78, 5) is 26.0. The molecule has 0 amide bonds. The number of imidazole rings is 1. The summed E-state index contributed by atoms with van der Waals surface area (Å²) in [7, 11) is 3.89. The second-order valence-electron chi connectivity index (χ2n) is 9.72. The van der Waals surface area contributed by atoms with Crippen LogP contribution in [0.15, 0.2) is 43.0 Å². The standard InChI is InChI=1S/C25H33N5O/c1-25(2)9-11-29(12-10-25)16-19-5-8-24-27-21(18-30(24)17-19)6-7-23(31)20-13-22(28(3)4)15-26-14-20/h5,8,13-15,17-18H,6-7,9-12,16H2,1-4H3. The number of likely N-dealkylation sites (tertiary alicyclic amines) is 1. The Balaban J connectivity index is 1.38. The Kier molecular flexibility index (Phi) is 6.10. The first-order chi connectivity index (χ1) is 14.8. The Hall–Kier alpha value is -2.73. The van der Waals surface area contributed by atoms with Crippen molar-refractivity contribution in [2.45, 2.75) is 46.1 Å². The lowest BCUT2D eigenvalue weighted by Gasteiger charge is -2.36. The van der Waals surface area contributed by atoms with E-state index >= 15 is 0 Å². The maximum Gasteiger partial charge on any atom is 0.164 e. The molecule has 0 N–H and O–H groups in total. The van der Waals surface area contributed by atoms with Gasteiger partial charge in [-0.3, -0.25) is 14.7 Å². The summed E-state index contributed by atoms with van der Waals surface area (Å²) < 4.78 is 2.09. The number of ketones is 1. The molecule has 0 radical (unpaired) electrons. The van der Waals surface area contributed by atoms with E-state index < -0.39 is 0 Å². The van der Waals surface area contributed by atoms with E-state index in [9.17, 15) is 4.79 Å². The minimum absolute atomic E-state index is 0.0990. The zero-order valence-corrected chi connectivity index (χ0v) is 19.1. The predicted molar refractivity (Wildman–Crippen MR) is 125 cm³/mol. The molecule has 31 heavy (non-hydrogen) atoms. The van der Waals surface area contributed by atoms with Gasteiger partial charge in [-0.05, 0) is 55.5 Å². The van der Waals surface area contributed by atoms with Gasteiger partial charge in [0.25, 0.3) is 0 Å². The van der Waals surface area contributed by atoms with Crippen molar-refractivity contribution in [3.63, 3.8) is 0 Å². The third-order valence-corrected chi connectivity index (χ3v) is 6.35. The Morgan fingerprint density at radius 2 is 1.90 bits per heavy atom. The first kappa shape index (κ1) is 21.5. The number of aromatic nitrogens is 3. The number of nitrogens with zero attached hydrogens (tertiary/aromatic N) is 5. The number of hydrogen-bond acceptors (Lipinski definition) is 5. The summed E-state index contributed by atoms with van der Waals surface area (Å²) in [5, 5.41) is 0. The Morgan fingerprint density at radius 1 is 1.13 bits per heavy atom. The van der Waals surface area contributed by atoms with E-state index in [1.165, 1.54) is 18.4 Å². The number of rotatable bonds is 7. The number of aryl methyl sites for hydroxylation is 1. The highest BCUT2D eigenvalue weighted by Gasteiger charge is 2.25. The summed E-state index contributed by atoms with van der Waals surface area (Å²) >= 11 is 0. The highest BCUT2D eigenvalue weighted by molar-refractivity contribution is 5.96.